The normalized spacial score (nSPS) is 27.5. The summed E-state index contributed by atoms with van der Waals surface area (Å²) in [6.45, 7) is 1.32. The number of imide groups is 1. The van der Waals surface area contributed by atoms with Crippen LogP contribution in [0.2, 0.25) is 0 Å². The molecule has 1 aliphatic carbocycles. The lowest BCUT2D eigenvalue weighted by Crippen LogP contribution is -2.38. The molecule has 0 N–H and O–H groups in total. The molecule has 2 amide bonds. The summed E-state index contributed by atoms with van der Waals surface area (Å²) in [6.07, 6.45) is 1.69. The van der Waals surface area contributed by atoms with Gasteiger partial charge in [0.15, 0.2) is 0 Å². The maximum absolute atomic E-state index is 12.4. The van der Waals surface area contributed by atoms with Gasteiger partial charge in [-0.3, -0.25) is 19.3 Å². The number of nitrogens with zero attached hydrogens (tertiary/aromatic N) is 1. The van der Waals surface area contributed by atoms with E-state index in [1.807, 2.05) is 36.4 Å². The highest BCUT2D eigenvalue weighted by Crippen LogP contribution is 2.42. The number of allylic oxidation sites excluding steroid dienone is 1. The first-order valence-corrected chi connectivity index (χ1v) is 7.25. The topological polar surface area (TPSA) is 63.7 Å². The van der Waals surface area contributed by atoms with Crippen molar-refractivity contribution >= 4 is 23.4 Å². The zero-order valence-corrected chi connectivity index (χ0v) is 12.5. The molecule has 1 fully saturated rings. The maximum atomic E-state index is 12.4. The molecule has 3 atom stereocenters. The van der Waals surface area contributed by atoms with Crippen molar-refractivity contribution in [3.63, 3.8) is 0 Å². The minimum atomic E-state index is -0.708. The van der Waals surface area contributed by atoms with E-state index < -0.39 is 23.9 Å². The molecule has 1 aromatic rings. The Bertz CT molecular complexity index is 664. The molecule has 0 radical (unpaired) electrons. The zero-order valence-electron chi connectivity index (χ0n) is 12.5. The standard InChI is InChI=1S/C17H17NO4/c1-10(19)22-15-12(11-6-4-3-5-7-11)8-9-13-14(15)17(21)18(2)16(13)20/h3-8,13-15H,9H2,1-2H3/t13-,14-,15+/m0/s1. The molecule has 0 saturated carbocycles. The van der Waals surface area contributed by atoms with Gasteiger partial charge >= 0.3 is 5.97 Å². The molecule has 1 heterocycles. The van der Waals surface area contributed by atoms with Crippen LogP contribution in [0, 0.1) is 11.8 Å². The second kappa shape index (κ2) is 5.40. The summed E-state index contributed by atoms with van der Waals surface area (Å²) in [7, 11) is 1.48. The number of ether oxygens (including phenoxy) is 1. The van der Waals surface area contributed by atoms with Gasteiger partial charge in [-0.25, -0.2) is 0 Å². The Morgan fingerprint density at radius 2 is 1.86 bits per heavy atom. The van der Waals surface area contributed by atoms with Crippen molar-refractivity contribution in [3.05, 3.63) is 42.0 Å². The summed E-state index contributed by atoms with van der Waals surface area (Å²) >= 11 is 0. The molecule has 5 heteroatoms. The largest absolute Gasteiger partial charge is 0.457 e. The van der Waals surface area contributed by atoms with Crippen LogP contribution in [0.5, 0.6) is 0 Å². The molecule has 0 aromatic heterocycles. The van der Waals surface area contributed by atoms with Gasteiger partial charge in [-0.2, -0.15) is 0 Å². The Labute approximate surface area is 128 Å². The van der Waals surface area contributed by atoms with Gasteiger partial charge < -0.3 is 4.74 Å². The van der Waals surface area contributed by atoms with Gasteiger partial charge in [0.05, 0.1) is 11.8 Å². The molecule has 0 bridgehead atoms. The van der Waals surface area contributed by atoms with E-state index in [9.17, 15) is 14.4 Å². The number of likely N-dealkylation sites (tertiary alicyclic amines) is 1. The van der Waals surface area contributed by atoms with E-state index in [1.54, 1.807) is 0 Å². The molecule has 114 valence electrons. The Balaban J connectivity index is 2.04. The van der Waals surface area contributed by atoms with Crippen LogP contribution in [0.15, 0.2) is 36.4 Å². The van der Waals surface area contributed by atoms with Crippen molar-refractivity contribution in [2.24, 2.45) is 11.8 Å². The van der Waals surface area contributed by atoms with Crippen LogP contribution in [-0.2, 0) is 19.1 Å². The van der Waals surface area contributed by atoms with Crippen LogP contribution in [-0.4, -0.2) is 35.8 Å². The molecule has 2 aliphatic rings. The van der Waals surface area contributed by atoms with E-state index in [-0.39, 0.29) is 11.8 Å². The third-order valence-corrected chi connectivity index (χ3v) is 4.32. The fourth-order valence-corrected chi connectivity index (χ4v) is 3.29. The fourth-order valence-electron chi connectivity index (χ4n) is 3.29. The molecule has 3 rings (SSSR count). The summed E-state index contributed by atoms with van der Waals surface area (Å²) in [5.41, 5.74) is 1.70. The quantitative estimate of drug-likeness (QED) is 0.615. The van der Waals surface area contributed by atoms with Crippen molar-refractivity contribution in [2.45, 2.75) is 19.4 Å². The number of hydrogen-bond acceptors (Lipinski definition) is 4. The lowest BCUT2D eigenvalue weighted by molar-refractivity contribution is -0.149. The van der Waals surface area contributed by atoms with Gasteiger partial charge in [0.2, 0.25) is 11.8 Å². The predicted molar refractivity (Wildman–Crippen MR) is 79.3 cm³/mol. The number of amides is 2. The van der Waals surface area contributed by atoms with Gasteiger partial charge in [0.25, 0.3) is 0 Å². The smallest absolute Gasteiger partial charge is 0.303 e. The molecular weight excluding hydrogens is 282 g/mol. The monoisotopic (exact) mass is 299 g/mol. The number of carbonyl (C=O) groups is 3. The summed E-state index contributed by atoms with van der Waals surface area (Å²) < 4.78 is 5.43. The van der Waals surface area contributed by atoms with Crippen molar-refractivity contribution in [1.29, 1.82) is 0 Å². The number of hydrogen-bond donors (Lipinski definition) is 0. The number of esters is 1. The first-order valence-electron chi connectivity index (χ1n) is 7.25. The highest BCUT2D eigenvalue weighted by Gasteiger charge is 2.53. The van der Waals surface area contributed by atoms with Gasteiger partial charge in [0, 0.05) is 14.0 Å². The van der Waals surface area contributed by atoms with E-state index in [2.05, 4.69) is 0 Å². The molecule has 5 nitrogen and oxygen atoms in total. The van der Waals surface area contributed by atoms with Gasteiger partial charge in [-0.05, 0) is 17.6 Å². The average Bonchev–Trinajstić information content (AvgIpc) is 2.73. The zero-order chi connectivity index (χ0) is 15.9. The van der Waals surface area contributed by atoms with Crippen molar-refractivity contribution < 1.29 is 19.1 Å². The molecule has 1 aliphatic heterocycles. The molecule has 22 heavy (non-hydrogen) atoms. The van der Waals surface area contributed by atoms with Crippen LogP contribution >= 0.6 is 0 Å². The Morgan fingerprint density at radius 3 is 2.50 bits per heavy atom. The lowest BCUT2D eigenvalue weighted by atomic mass is 9.77. The van der Waals surface area contributed by atoms with Crippen LogP contribution in [0.25, 0.3) is 5.57 Å². The highest BCUT2D eigenvalue weighted by molar-refractivity contribution is 6.07. The Hall–Kier alpha value is -2.43. The summed E-state index contributed by atoms with van der Waals surface area (Å²) in [4.78, 5) is 37.2. The average molecular weight is 299 g/mol. The molecule has 0 unspecified atom stereocenters. The van der Waals surface area contributed by atoms with Gasteiger partial charge in [-0.15, -0.1) is 0 Å². The summed E-state index contributed by atoms with van der Waals surface area (Å²) in [5.74, 6) is -1.99. The van der Waals surface area contributed by atoms with E-state index in [0.717, 1.165) is 16.0 Å². The molecule has 1 aromatic carbocycles. The fraction of sp³-hybridized carbons (Fsp3) is 0.353. The SMILES string of the molecule is CC(=O)O[C@@H]1C(c2ccccc2)=CC[C@@H]2C(=O)N(C)C(=O)[C@@H]21. The summed E-state index contributed by atoms with van der Waals surface area (Å²) in [6, 6.07) is 9.50. The van der Waals surface area contributed by atoms with Crippen LogP contribution in [0.1, 0.15) is 18.9 Å². The van der Waals surface area contributed by atoms with Crippen molar-refractivity contribution in [2.75, 3.05) is 7.05 Å². The third kappa shape index (κ3) is 2.22. The van der Waals surface area contributed by atoms with Gasteiger partial charge in [-0.1, -0.05) is 36.4 Å². The number of carbonyl (C=O) groups excluding carboxylic acids is 3. The second-order valence-electron chi connectivity index (χ2n) is 5.66. The van der Waals surface area contributed by atoms with E-state index in [4.69, 9.17) is 4.74 Å². The number of benzene rings is 1. The summed E-state index contributed by atoms with van der Waals surface area (Å²) in [5, 5.41) is 0. The Kier molecular flexibility index (Phi) is 3.56. The predicted octanol–water partition coefficient (Wildman–Crippen LogP) is 1.64. The van der Waals surface area contributed by atoms with Crippen LogP contribution in [0.3, 0.4) is 0 Å². The van der Waals surface area contributed by atoms with Crippen molar-refractivity contribution in [3.8, 4) is 0 Å². The van der Waals surface area contributed by atoms with E-state index in [0.29, 0.717) is 6.42 Å². The lowest BCUT2D eigenvalue weighted by Gasteiger charge is -2.31. The molecule has 0 spiro atoms. The first kappa shape index (κ1) is 14.5. The highest BCUT2D eigenvalue weighted by atomic mass is 16.5. The number of rotatable bonds is 2. The van der Waals surface area contributed by atoms with Crippen LogP contribution < -0.4 is 0 Å². The maximum Gasteiger partial charge on any atom is 0.303 e. The van der Waals surface area contributed by atoms with Crippen LogP contribution in [0.4, 0.5) is 0 Å². The second-order valence-corrected chi connectivity index (χ2v) is 5.66. The Morgan fingerprint density at radius 1 is 1.18 bits per heavy atom. The molecular formula is C17H17NO4. The first-order chi connectivity index (χ1) is 10.5. The van der Waals surface area contributed by atoms with E-state index >= 15 is 0 Å². The van der Waals surface area contributed by atoms with Crippen molar-refractivity contribution in [1.82, 2.24) is 4.90 Å². The minimum absolute atomic E-state index is 0.199. The van der Waals surface area contributed by atoms with E-state index in [1.165, 1.54) is 14.0 Å². The number of fused-ring (bicyclic) bond motifs is 1. The van der Waals surface area contributed by atoms with Gasteiger partial charge in [0.1, 0.15) is 6.10 Å². The minimum Gasteiger partial charge on any atom is -0.457 e. The third-order valence-electron chi connectivity index (χ3n) is 4.32. The molecule has 1 saturated heterocycles.